The summed E-state index contributed by atoms with van der Waals surface area (Å²) in [6.45, 7) is 5.83. The van der Waals surface area contributed by atoms with Gasteiger partial charge in [0.2, 0.25) is 0 Å². The monoisotopic (exact) mass is 339 g/mol. The quantitative estimate of drug-likeness (QED) is 0.851. The van der Waals surface area contributed by atoms with Gasteiger partial charge in [-0.3, -0.25) is 14.5 Å². The van der Waals surface area contributed by atoms with Crippen LogP contribution in [0.3, 0.4) is 0 Å². The second-order valence-corrected chi connectivity index (χ2v) is 6.38. The van der Waals surface area contributed by atoms with E-state index in [-0.39, 0.29) is 25.0 Å². The smallest absolute Gasteiger partial charge is 0.261 e. The summed E-state index contributed by atoms with van der Waals surface area (Å²) in [6, 6.07) is 10.7. The van der Waals surface area contributed by atoms with Crippen molar-refractivity contribution in [3.05, 3.63) is 64.2 Å². The molecule has 0 spiro atoms. The number of carbonyl (C=O) groups is 2. The summed E-state index contributed by atoms with van der Waals surface area (Å²) in [4.78, 5) is 25.7. The Morgan fingerprint density at radius 1 is 0.960 bits per heavy atom. The average Bonchev–Trinajstić information content (AvgIpc) is 2.84. The molecular formula is C20H21NO4. The number of carbonyl (C=O) groups excluding carboxylic acids is 2. The van der Waals surface area contributed by atoms with E-state index in [1.807, 2.05) is 32.9 Å². The van der Waals surface area contributed by atoms with Gasteiger partial charge in [-0.2, -0.15) is 0 Å². The number of benzene rings is 2. The highest BCUT2D eigenvalue weighted by Crippen LogP contribution is 2.26. The van der Waals surface area contributed by atoms with Crippen molar-refractivity contribution in [1.29, 1.82) is 0 Å². The van der Waals surface area contributed by atoms with Gasteiger partial charge in [0.1, 0.15) is 18.5 Å². The normalized spacial score (nSPS) is 14.6. The summed E-state index contributed by atoms with van der Waals surface area (Å²) in [5, 5.41) is 10.3. The molecule has 1 aliphatic heterocycles. The van der Waals surface area contributed by atoms with Gasteiger partial charge in [-0.15, -0.1) is 0 Å². The van der Waals surface area contributed by atoms with Crippen molar-refractivity contribution in [3.63, 3.8) is 0 Å². The largest absolute Gasteiger partial charge is 0.490 e. The number of aliphatic hydroxyl groups excluding tert-OH is 1. The van der Waals surface area contributed by atoms with E-state index in [1.165, 1.54) is 0 Å². The molecule has 0 aliphatic carbocycles. The highest BCUT2D eigenvalue weighted by atomic mass is 16.5. The third kappa shape index (κ3) is 3.15. The molecule has 0 bridgehead atoms. The van der Waals surface area contributed by atoms with E-state index in [4.69, 9.17) is 4.74 Å². The minimum Gasteiger partial charge on any atom is -0.490 e. The Kier molecular flexibility index (Phi) is 4.59. The summed E-state index contributed by atoms with van der Waals surface area (Å²) in [7, 11) is 0. The summed E-state index contributed by atoms with van der Waals surface area (Å²) in [6.07, 6.45) is -0.957. The first-order valence-electron chi connectivity index (χ1n) is 8.23. The van der Waals surface area contributed by atoms with E-state index in [9.17, 15) is 14.7 Å². The van der Waals surface area contributed by atoms with Gasteiger partial charge in [-0.1, -0.05) is 24.3 Å². The fourth-order valence-corrected chi connectivity index (χ4v) is 3.00. The van der Waals surface area contributed by atoms with Crippen molar-refractivity contribution in [2.24, 2.45) is 0 Å². The van der Waals surface area contributed by atoms with E-state index >= 15 is 0 Å². The van der Waals surface area contributed by atoms with Crippen LogP contribution in [0.15, 0.2) is 36.4 Å². The molecule has 2 aromatic carbocycles. The lowest BCUT2D eigenvalue weighted by Crippen LogP contribution is -2.39. The molecule has 1 heterocycles. The average molecular weight is 339 g/mol. The maximum atomic E-state index is 12.3. The predicted octanol–water partition coefficient (Wildman–Crippen LogP) is 2.65. The zero-order chi connectivity index (χ0) is 18.1. The lowest BCUT2D eigenvalue weighted by Gasteiger charge is -2.20. The van der Waals surface area contributed by atoms with E-state index in [1.54, 1.807) is 24.3 Å². The van der Waals surface area contributed by atoms with Crippen LogP contribution in [0.5, 0.6) is 5.75 Å². The standard InChI is InChI=1S/C20H21NO4/c1-12-8-9-13(2)18(14(12)3)25-11-15(22)10-21-19(23)16-6-4-5-7-17(16)20(21)24/h4-9,15,22H,10-11H2,1-3H3/t15-/m1/s1. The Balaban J connectivity index is 1.67. The number of imide groups is 1. The molecule has 1 N–H and O–H groups in total. The molecule has 0 saturated carbocycles. The van der Waals surface area contributed by atoms with Gasteiger partial charge in [0.25, 0.3) is 11.8 Å². The summed E-state index contributed by atoms with van der Waals surface area (Å²) >= 11 is 0. The maximum Gasteiger partial charge on any atom is 0.261 e. The number of aliphatic hydroxyl groups is 1. The Hall–Kier alpha value is -2.66. The second kappa shape index (κ2) is 6.69. The maximum absolute atomic E-state index is 12.3. The zero-order valence-electron chi connectivity index (χ0n) is 14.6. The Bertz CT molecular complexity index is 809. The van der Waals surface area contributed by atoms with E-state index in [2.05, 4.69) is 0 Å². The molecule has 1 atom stereocenters. The van der Waals surface area contributed by atoms with E-state index < -0.39 is 6.10 Å². The zero-order valence-corrected chi connectivity index (χ0v) is 14.6. The van der Waals surface area contributed by atoms with Gasteiger partial charge >= 0.3 is 0 Å². The molecule has 2 amide bonds. The van der Waals surface area contributed by atoms with Crippen LogP contribution in [0, 0.1) is 20.8 Å². The van der Waals surface area contributed by atoms with Crippen LogP contribution < -0.4 is 4.74 Å². The third-order valence-electron chi connectivity index (χ3n) is 4.57. The summed E-state index contributed by atoms with van der Waals surface area (Å²) in [5.74, 6) is -0.00783. The lowest BCUT2D eigenvalue weighted by molar-refractivity contribution is 0.0455. The number of rotatable bonds is 5. The topological polar surface area (TPSA) is 66.8 Å². The van der Waals surface area contributed by atoms with E-state index in [0.29, 0.717) is 11.1 Å². The third-order valence-corrected chi connectivity index (χ3v) is 4.57. The fraction of sp³-hybridized carbons (Fsp3) is 0.300. The molecule has 0 aromatic heterocycles. The van der Waals surface area contributed by atoms with Crippen molar-refractivity contribution in [2.75, 3.05) is 13.2 Å². The number of nitrogens with zero attached hydrogens (tertiary/aromatic N) is 1. The minimum absolute atomic E-state index is 0.0124. The van der Waals surface area contributed by atoms with Crippen LogP contribution in [0.1, 0.15) is 37.4 Å². The Labute approximate surface area is 146 Å². The number of aryl methyl sites for hydroxylation is 2. The van der Waals surface area contributed by atoms with Crippen molar-refractivity contribution in [2.45, 2.75) is 26.9 Å². The molecule has 25 heavy (non-hydrogen) atoms. The van der Waals surface area contributed by atoms with Crippen molar-refractivity contribution in [1.82, 2.24) is 4.90 Å². The molecule has 0 fully saturated rings. The fourth-order valence-electron chi connectivity index (χ4n) is 3.00. The molecular weight excluding hydrogens is 318 g/mol. The number of fused-ring (bicyclic) bond motifs is 1. The van der Waals surface area contributed by atoms with E-state index in [0.717, 1.165) is 27.3 Å². The van der Waals surface area contributed by atoms with Gasteiger partial charge in [-0.25, -0.2) is 0 Å². The Morgan fingerprint density at radius 3 is 2.12 bits per heavy atom. The summed E-state index contributed by atoms with van der Waals surface area (Å²) in [5.41, 5.74) is 3.87. The van der Waals surface area contributed by atoms with Gasteiger partial charge < -0.3 is 9.84 Å². The van der Waals surface area contributed by atoms with Gasteiger partial charge in [0, 0.05) is 0 Å². The first-order valence-corrected chi connectivity index (χ1v) is 8.23. The van der Waals surface area contributed by atoms with Crippen molar-refractivity contribution in [3.8, 4) is 5.75 Å². The first kappa shape index (κ1) is 17.2. The lowest BCUT2D eigenvalue weighted by atomic mass is 10.1. The molecule has 130 valence electrons. The molecule has 0 unspecified atom stereocenters. The highest BCUT2D eigenvalue weighted by molar-refractivity contribution is 6.21. The van der Waals surface area contributed by atoms with Gasteiger partial charge in [0.15, 0.2) is 0 Å². The van der Waals surface area contributed by atoms with Gasteiger partial charge in [0.05, 0.1) is 17.7 Å². The predicted molar refractivity (Wildman–Crippen MR) is 94.0 cm³/mol. The molecule has 3 rings (SSSR count). The highest BCUT2D eigenvalue weighted by Gasteiger charge is 2.36. The number of hydrogen-bond donors (Lipinski definition) is 1. The minimum atomic E-state index is -0.957. The molecule has 0 radical (unpaired) electrons. The molecule has 1 aliphatic rings. The molecule has 5 nitrogen and oxygen atoms in total. The number of amides is 2. The SMILES string of the molecule is Cc1ccc(C)c(OC[C@H](O)CN2C(=O)c3ccccc3C2=O)c1C. The molecule has 0 saturated heterocycles. The van der Waals surface area contributed by atoms with Crippen LogP contribution in [0.25, 0.3) is 0 Å². The Morgan fingerprint density at radius 2 is 1.52 bits per heavy atom. The van der Waals surface area contributed by atoms with Gasteiger partial charge in [-0.05, 0) is 49.6 Å². The van der Waals surface area contributed by atoms with Crippen LogP contribution in [-0.2, 0) is 0 Å². The second-order valence-electron chi connectivity index (χ2n) is 6.38. The summed E-state index contributed by atoms with van der Waals surface area (Å²) < 4.78 is 5.77. The van der Waals surface area contributed by atoms with Crippen molar-refractivity contribution < 1.29 is 19.4 Å². The van der Waals surface area contributed by atoms with Crippen LogP contribution in [0.2, 0.25) is 0 Å². The molecule has 5 heteroatoms. The van der Waals surface area contributed by atoms with Crippen LogP contribution in [0.4, 0.5) is 0 Å². The van der Waals surface area contributed by atoms with Crippen molar-refractivity contribution >= 4 is 11.8 Å². The number of ether oxygens (including phenoxy) is 1. The number of hydrogen-bond acceptors (Lipinski definition) is 4. The molecule has 2 aromatic rings. The first-order chi connectivity index (χ1) is 11.9. The van der Waals surface area contributed by atoms with Crippen LogP contribution in [-0.4, -0.2) is 41.1 Å². The van der Waals surface area contributed by atoms with Crippen LogP contribution >= 0.6 is 0 Å². The number of β-amino-alcohol motifs (C(OH)–C–C–N with tert-alkyl or cyclic N) is 1.